The van der Waals surface area contributed by atoms with Crippen molar-refractivity contribution in [2.75, 3.05) is 72.5 Å². The number of carbonyl (C=O) groups excluding carboxylic acids is 5. The number of para-hydroxylation sites is 1. The monoisotopic (exact) mass is 1890 g/mol. The molecule has 6 N–H and O–H groups in total. The van der Waals surface area contributed by atoms with Crippen molar-refractivity contribution in [3.63, 3.8) is 0 Å². The van der Waals surface area contributed by atoms with E-state index in [9.17, 15) is 49.5 Å². The Kier molecular flexibility index (Phi) is 61.0. The Bertz CT molecular complexity index is 4940. The molecular formula is C118H146N4O17. The van der Waals surface area contributed by atoms with Crippen LogP contribution in [0, 0.1) is 0 Å². The Morgan fingerprint density at radius 1 is 0.317 bits per heavy atom. The predicted octanol–water partition coefficient (Wildman–Crippen LogP) is 20.8. The number of benzene rings is 9. The minimum atomic E-state index is -1.05. The number of ether oxygens (including phenoxy) is 6. The first-order valence-corrected chi connectivity index (χ1v) is 46.1. The maximum absolute atomic E-state index is 10.9. The lowest BCUT2D eigenvalue weighted by molar-refractivity contribution is -0.148. The Morgan fingerprint density at radius 2 is 0.554 bits per heavy atom. The molecule has 9 aromatic rings. The molecule has 0 fully saturated rings. The number of esters is 5. The van der Waals surface area contributed by atoms with Crippen molar-refractivity contribution in [3.8, 4) is 5.75 Å². The van der Waals surface area contributed by atoms with Gasteiger partial charge in [0.25, 0.3) is 0 Å². The lowest BCUT2D eigenvalue weighted by atomic mass is 10.0. The van der Waals surface area contributed by atoms with Crippen molar-refractivity contribution in [2.24, 2.45) is 0 Å². The first-order valence-electron chi connectivity index (χ1n) is 46.1. The molecule has 0 aliphatic heterocycles. The van der Waals surface area contributed by atoms with Gasteiger partial charge in [0.15, 0.2) is 0 Å². The highest BCUT2D eigenvalue weighted by molar-refractivity contribution is 5.88. The van der Waals surface area contributed by atoms with Crippen molar-refractivity contribution in [3.05, 3.63) is 428 Å². The maximum Gasteiger partial charge on any atom is 0.333 e. The molecule has 740 valence electrons. The van der Waals surface area contributed by atoms with E-state index < -0.39 is 48.2 Å². The van der Waals surface area contributed by atoms with E-state index >= 15 is 0 Å². The van der Waals surface area contributed by atoms with Crippen LogP contribution in [0.1, 0.15) is 150 Å². The highest BCUT2D eigenvalue weighted by Gasteiger charge is 2.19. The van der Waals surface area contributed by atoms with Crippen molar-refractivity contribution in [1.29, 1.82) is 0 Å². The molecule has 21 heteroatoms. The van der Waals surface area contributed by atoms with Crippen LogP contribution >= 0.6 is 0 Å². The zero-order valence-electron chi connectivity index (χ0n) is 82.2. The van der Waals surface area contributed by atoms with E-state index in [1.807, 2.05) is 73.7 Å². The lowest BCUT2D eigenvalue weighted by Crippen LogP contribution is -2.33. The summed E-state index contributed by atoms with van der Waals surface area (Å²) >= 11 is 0. The summed E-state index contributed by atoms with van der Waals surface area (Å²) in [5.41, 5.74) is 20.0. The third-order valence-corrected chi connectivity index (χ3v) is 20.6. The van der Waals surface area contributed by atoms with Crippen molar-refractivity contribution < 1.29 is 83.0 Å². The van der Waals surface area contributed by atoms with E-state index in [-0.39, 0.29) is 75.7 Å². The van der Waals surface area contributed by atoms with Gasteiger partial charge in [-0.25, -0.2) is 24.0 Å². The first-order chi connectivity index (χ1) is 66.8. The second-order valence-electron chi connectivity index (χ2n) is 32.6. The van der Waals surface area contributed by atoms with Gasteiger partial charge in [-0.05, 0) is 148 Å². The summed E-state index contributed by atoms with van der Waals surface area (Å²) in [5.74, 6) is -2.31. The molecule has 0 spiro atoms. The van der Waals surface area contributed by atoms with Gasteiger partial charge in [-0.15, -0.1) is 0 Å². The van der Waals surface area contributed by atoms with E-state index in [4.69, 9.17) is 9.84 Å². The molecule has 9 rings (SSSR count). The molecule has 3 atom stereocenters. The van der Waals surface area contributed by atoms with E-state index in [0.29, 0.717) is 24.9 Å². The van der Waals surface area contributed by atoms with Gasteiger partial charge in [0.1, 0.15) is 63.7 Å². The number of rotatable bonds is 52. The molecule has 0 saturated carbocycles. The smallest absolute Gasteiger partial charge is 0.333 e. The van der Waals surface area contributed by atoms with Crippen LogP contribution in [-0.2, 0) is 100 Å². The summed E-state index contributed by atoms with van der Waals surface area (Å²) in [5, 5.41) is 56.1. The molecule has 9 aromatic carbocycles. The Hall–Kier alpha value is -13.7. The van der Waals surface area contributed by atoms with Gasteiger partial charge in [0, 0.05) is 114 Å². The third kappa shape index (κ3) is 53.0. The van der Waals surface area contributed by atoms with Gasteiger partial charge in [-0.3, -0.25) is 19.6 Å². The fourth-order valence-electron chi connectivity index (χ4n) is 12.8. The highest BCUT2D eigenvalue weighted by atomic mass is 16.6. The molecule has 0 radical (unpaired) electrons. The number of aliphatic hydroxyl groups excluding tert-OH is 6. The van der Waals surface area contributed by atoms with E-state index in [1.54, 1.807) is 12.1 Å². The van der Waals surface area contributed by atoms with Crippen LogP contribution in [0.4, 0.5) is 0 Å². The van der Waals surface area contributed by atoms with Crippen LogP contribution in [0.15, 0.2) is 339 Å². The standard InChI is InChI=1S/C23H29N.2C21H25NO.C20H23NO.C12H14O4.C11H16O5.C10H14O5/c1-5-19-9-13-21(14-10-19)17-24(23(7-3)8-4)18-22-15-11-20(6-2)12-16-22;1-4-18-6-10-20(11-7-18)15-22(14-17(3)23)16-21-12-8-19(5-2)9-13-21;1-3-18-6-10-20(11-7-18)16-22(14-5-15-23)17-21-12-8-19(4-2)9-13-21;1-3-17-5-9-19(10-6-17)15-21(13-14-22)16-20-11-7-18(4-2)8-12-20;1-2-12(14)16-9-10(13)8-15-11-6-4-3-5-7-11;1-7(2)10(13)15-5-9(12)6-16-11(14)8(3)4;1-4-9(12)14-5-8(11)6-15-10(13)7(2)3/h5-6,9-16,23H,1-2,7-8,17-18H2,3-4H3;4-13,17,23H,1-2,14-16H2,3H3;3-4,6-13,23H,1-2,5,14-17H2;3-12,22H,1-2,13-16H2;2-7,10,13H,1,8-9H2;9,12H,1,3,5-6H2,2,4H3;4,8,11H,1-2,5-6H2,3H3. The van der Waals surface area contributed by atoms with E-state index in [0.717, 1.165) is 111 Å². The zero-order valence-corrected chi connectivity index (χ0v) is 82.2. The van der Waals surface area contributed by atoms with Gasteiger partial charge in [-0.2, -0.15) is 0 Å². The number of carbonyl (C=O) groups is 5. The van der Waals surface area contributed by atoms with Gasteiger partial charge >= 0.3 is 29.8 Å². The minimum absolute atomic E-state index is 0.0778. The van der Waals surface area contributed by atoms with Crippen molar-refractivity contribution in [2.45, 2.75) is 144 Å². The average molecular weight is 1890 g/mol. The first kappa shape index (κ1) is 120. The molecule has 139 heavy (non-hydrogen) atoms. The van der Waals surface area contributed by atoms with Gasteiger partial charge in [0.05, 0.1) is 12.7 Å². The number of nitrogens with zero attached hydrogens (tertiary/aromatic N) is 4. The molecule has 0 aromatic heterocycles. The maximum atomic E-state index is 10.9. The lowest BCUT2D eigenvalue weighted by Gasteiger charge is -2.30. The Balaban J connectivity index is 0.000000420. The van der Waals surface area contributed by atoms with Crippen LogP contribution in [-0.4, -0.2) is 183 Å². The van der Waals surface area contributed by atoms with Crippen LogP contribution < -0.4 is 4.74 Å². The third-order valence-electron chi connectivity index (χ3n) is 20.6. The summed E-state index contributed by atoms with van der Waals surface area (Å²) in [7, 11) is 0. The molecule has 21 nitrogen and oxygen atoms in total. The average Bonchev–Trinajstić information content (AvgIpc) is 0.861. The summed E-state index contributed by atoms with van der Waals surface area (Å²) in [6.45, 7) is 66.3. The zero-order chi connectivity index (χ0) is 103. The van der Waals surface area contributed by atoms with Crippen LogP contribution in [0.25, 0.3) is 48.6 Å². The van der Waals surface area contributed by atoms with Crippen molar-refractivity contribution in [1.82, 2.24) is 19.6 Å². The van der Waals surface area contributed by atoms with Gasteiger partial charge in [-0.1, -0.05) is 360 Å². The summed E-state index contributed by atoms with van der Waals surface area (Å²) < 4.78 is 28.4. The molecule has 3 unspecified atom stereocenters. The Morgan fingerprint density at radius 3 is 0.777 bits per heavy atom. The fourth-order valence-corrected chi connectivity index (χ4v) is 12.8. The predicted molar refractivity (Wildman–Crippen MR) is 568 cm³/mol. The SMILES string of the molecule is C=C(C)C(=O)OCC(O)COC(=O)C(=C)C.C=CC(=O)OCC(O)COC(=O)C(=C)C.C=CC(=O)OCC(O)COc1ccccc1.C=Cc1ccc(CN(CCCO)Cc2ccc(C=C)cc2)cc1.C=Cc1ccc(CN(CCO)Cc2ccc(C=C)cc2)cc1.C=Cc1ccc(CN(Cc2ccc(C=C)cc2)C(CC)CC)cc1.C=Cc1ccc(CN(Cc2ccc(C=C)cc2)CC(C)O)cc1. The molecule has 0 amide bonds. The Labute approximate surface area is 826 Å². The molecule has 0 saturated heterocycles. The summed E-state index contributed by atoms with van der Waals surface area (Å²) in [4.78, 5) is 63.5. The summed E-state index contributed by atoms with van der Waals surface area (Å²) in [6, 6.07) is 77.5. The normalized spacial score (nSPS) is 11.0. The number of hydrogen-bond acceptors (Lipinski definition) is 21. The largest absolute Gasteiger partial charge is 0.491 e. The molecule has 0 aliphatic rings. The van der Waals surface area contributed by atoms with E-state index in [2.05, 4.69) is 337 Å². The van der Waals surface area contributed by atoms with Gasteiger partial charge in [0.2, 0.25) is 0 Å². The topological polar surface area (TPSA) is 275 Å². The second kappa shape index (κ2) is 70.9. The molecule has 0 aliphatic carbocycles. The quantitative estimate of drug-likeness (QED) is 0.0117. The van der Waals surface area contributed by atoms with E-state index in [1.165, 1.54) is 89.2 Å². The molecule has 0 heterocycles. The second-order valence-corrected chi connectivity index (χ2v) is 32.6. The van der Waals surface area contributed by atoms with Crippen LogP contribution in [0.5, 0.6) is 5.75 Å². The minimum Gasteiger partial charge on any atom is -0.491 e. The molecular weight excluding hydrogens is 1750 g/mol. The summed E-state index contributed by atoms with van der Waals surface area (Å²) in [6.07, 6.45) is 16.7. The van der Waals surface area contributed by atoms with Crippen LogP contribution in [0.3, 0.4) is 0 Å². The molecule has 0 bridgehead atoms. The highest BCUT2D eigenvalue weighted by Crippen LogP contribution is 2.23. The van der Waals surface area contributed by atoms with Crippen LogP contribution in [0.2, 0.25) is 0 Å². The van der Waals surface area contributed by atoms with Crippen molar-refractivity contribution >= 4 is 78.5 Å². The van der Waals surface area contributed by atoms with Gasteiger partial charge < -0.3 is 59.1 Å². The number of aliphatic hydroxyl groups is 6. The fraction of sp³-hybridized carbons (Fsp3) is 0.280. The number of hydrogen-bond donors (Lipinski definition) is 6.